The van der Waals surface area contributed by atoms with Crippen molar-refractivity contribution in [1.82, 2.24) is 10.6 Å². The largest absolute Gasteiger partial charge is 0.474 e. The molecule has 0 aliphatic rings. The van der Waals surface area contributed by atoms with Gasteiger partial charge in [-0.3, -0.25) is 9.59 Å². The van der Waals surface area contributed by atoms with Crippen LogP contribution in [-0.2, 0) is 18.9 Å². The number of ether oxygens (including phenoxy) is 4. The van der Waals surface area contributed by atoms with E-state index in [1.54, 1.807) is 0 Å². The lowest BCUT2D eigenvalue weighted by Gasteiger charge is -2.08. The van der Waals surface area contributed by atoms with Gasteiger partial charge in [-0.15, -0.1) is 0 Å². The Labute approximate surface area is 160 Å². The van der Waals surface area contributed by atoms with Crippen molar-refractivity contribution in [3.05, 3.63) is 0 Å². The summed E-state index contributed by atoms with van der Waals surface area (Å²) in [5, 5.41) is 5.10. The minimum absolute atomic E-state index is 0.259. The molecule has 0 aromatic rings. The van der Waals surface area contributed by atoms with Crippen LogP contribution in [0.15, 0.2) is 0 Å². The standard InChI is InChI=1S/C15H28B2N2O8/c16-12(20)24-10-4-6-18-14(22)26-8-2-1-3-9-27-15(23)19-7-5-11-25-13(17)21/h1-11,16-17H2,(H,18,22)(H,19,23). The zero-order valence-electron chi connectivity index (χ0n) is 16.0. The topological polar surface area (TPSA) is 129 Å². The highest BCUT2D eigenvalue weighted by molar-refractivity contribution is 6.55. The molecule has 0 atom stereocenters. The molecule has 0 aromatic carbocycles. The number of hydrogen-bond acceptors (Lipinski definition) is 8. The molecule has 0 aliphatic heterocycles. The molecule has 0 heterocycles. The van der Waals surface area contributed by atoms with Crippen molar-refractivity contribution >= 4 is 39.6 Å². The Morgan fingerprint density at radius 3 is 1.30 bits per heavy atom. The lowest BCUT2D eigenvalue weighted by Crippen LogP contribution is -2.27. The molecule has 0 fully saturated rings. The first kappa shape index (κ1) is 24.6. The number of alkyl carbamates (subject to hydrolysis) is 2. The van der Waals surface area contributed by atoms with Crippen LogP contribution in [0, 0.1) is 0 Å². The number of nitrogens with one attached hydrogen (secondary N) is 2. The van der Waals surface area contributed by atoms with Gasteiger partial charge in [0, 0.05) is 13.1 Å². The van der Waals surface area contributed by atoms with Crippen LogP contribution in [0.1, 0.15) is 32.1 Å². The first-order valence-electron chi connectivity index (χ1n) is 8.99. The SMILES string of the molecule is BC(=O)OCCCNC(=O)OCCCCCOC(=O)NCCCOC(B)=O. The molecule has 2 amide bonds. The molecule has 0 spiro atoms. The Kier molecular flexibility index (Phi) is 15.5. The van der Waals surface area contributed by atoms with Gasteiger partial charge in [0.15, 0.2) is 0 Å². The molecular weight excluding hydrogens is 358 g/mol. The average molecular weight is 386 g/mol. The quantitative estimate of drug-likeness (QED) is 0.241. The lowest BCUT2D eigenvalue weighted by atomic mass is 10.2. The maximum atomic E-state index is 11.4. The van der Waals surface area contributed by atoms with Crippen molar-refractivity contribution in [2.45, 2.75) is 32.1 Å². The summed E-state index contributed by atoms with van der Waals surface area (Å²) in [4.78, 5) is 43.8. The van der Waals surface area contributed by atoms with Gasteiger partial charge >= 0.3 is 12.2 Å². The van der Waals surface area contributed by atoms with Crippen LogP contribution < -0.4 is 10.6 Å². The van der Waals surface area contributed by atoms with E-state index >= 15 is 0 Å². The predicted octanol–water partition coefficient (Wildman–Crippen LogP) is -0.0713. The van der Waals surface area contributed by atoms with E-state index in [0.29, 0.717) is 38.8 Å². The fourth-order valence-corrected chi connectivity index (χ4v) is 1.77. The zero-order chi connectivity index (χ0) is 20.3. The fourth-order valence-electron chi connectivity index (χ4n) is 1.77. The zero-order valence-corrected chi connectivity index (χ0v) is 16.0. The monoisotopic (exact) mass is 386 g/mol. The first-order chi connectivity index (χ1) is 12.9. The molecule has 0 unspecified atom stereocenters. The summed E-state index contributed by atoms with van der Waals surface area (Å²) in [6.07, 6.45) is 2.10. The smallest absolute Gasteiger partial charge is 0.407 e. The Balaban J connectivity index is 3.33. The second-order valence-corrected chi connectivity index (χ2v) is 5.57. The van der Waals surface area contributed by atoms with Gasteiger partial charge in [0.2, 0.25) is 27.4 Å². The third-order valence-electron chi connectivity index (χ3n) is 3.05. The van der Waals surface area contributed by atoms with Crippen molar-refractivity contribution in [3.63, 3.8) is 0 Å². The third kappa shape index (κ3) is 19.8. The average Bonchev–Trinajstić information content (AvgIpc) is 2.59. The van der Waals surface area contributed by atoms with Crippen LogP contribution in [0.4, 0.5) is 19.2 Å². The minimum Gasteiger partial charge on any atom is -0.474 e. The summed E-state index contributed by atoms with van der Waals surface area (Å²) < 4.78 is 19.4. The highest BCUT2D eigenvalue weighted by Gasteiger charge is 2.03. The van der Waals surface area contributed by atoms with E-state index in [9.17, 15) is 19.2 Å². The van der Waals surface area contributed by atoms with Gasteiger partial charge in [0.1, 0.15) is 0 Å². The summed E-state index contributed by atoms with van der Waals surface area (Å²) in [5.41, 5.74) is 0. The molecule has 2 N–H and O–H groups in total. The molecule has 0 aromatic heterocycles. The van der Waals surface area contributed by atoms with Crippen LogP contribution in [0.5, 0.6) is 0 Å². The molecule has 0 aliphatic carbocycles. The summed E-state index contributed by atoms with van der Waals surface area (Å²) in [5.74, 6) is -0.698. The van der Waals surface area contributed by atoms with Crippen LogP contribution >= 0.6 is 0 Å². The number of hydrogen-bond donors (Lipinski definition) is 2. The minimum atomic E-state index is -0.512. The molecule has 0 rings (SSSR count). The second kappa shape index (κ2) is 17.0. The lowest BCUT2D eigenvalue weighted by molar-refractivity contribution is 0.135. The molecule has 0 bridgehead atoms. The second-order valence-electron chi connectivity index (χ2n) is 5.57. The molecule has 10 nitrogen and oxygen atoms in total. The van der Waals surface area contributed by atoms with E-state index in [0.717, 1.165) is 6.42 Å². The molecule has 27 heavy (non-hydrogen) atoms. The summed E-state index contributed by atoms with van der Waals surface area (Å²) in [7, 11) is 2.65. The Bertz CT molecular complexity index is 425. The number of unbranched alkanes of at least 4 members (excludes halogenated alkanes) is 2. The van der Waals surface area contributed by atoms with E-state index in [1.807, 2.05) is 0 Å². The highest BCUT2D eigenvalue weighted by atomic mass is 16.6. The van der Waals surface area contributed by atoms with E-state index in [1.165, 1.54) is 15.7 Å². The van der Waals surface area contributed by atoms with Gasteiger partial charge in [-0.25, -0.2) is 9.59 Å². The van der Waals surface area contributed by atoms with Gasteiger partial charge in [-0.2, -0.15) is 0 Å². The molecule has 0 radical (unpaired) electrons. The number of amides is 2. The van der Waals surface area contributed by atoms with Gasteiger partial charge in [-0.05, 0) is 32.1 Å². The van der Waals surface area contributed by atoms with E-state index in [4.69, 9.17) is 18.9 Å². The third-order valence-corrected chi connectivity index (χ3v) is 3.05. The fraction of sp³-hybridized carbons (Fsp3) is 0.733. The van der Waals surface area contributed by atoms with Crippen LogP contribution in [0.3, 0.4) is 0 Å². The van der Waals surface area contributed by atoms with Crippen LogP contribution in [0.2, 0.25) is 0 Å². The maximum Gasteiger partial charge on any atom is 0.407 e. The van der Waals surface area contributed by atoms with E-state index in [2.05, 4.69) is 10.6 Å². The van der Waals surface area contributed by atoms with Crippen molar-refractivity contribution in [3.8, 4) is 0 Å². The van der Waals surface area contributed by atoms with Crippen LogP contribution in [-0.4, -0.2) is 79.1 Å². The number of rotatable bonds is 14. The van der Waals surface area contributed by atoms with Crippen molar-refractivity contribution in [2.24, 2.45) is 0 Å². The van der Waals surface area contributed by atoms with E-state index < -0.39 is 12.2 Å². The van der Waals surface area contributed by atoms with Crippen LogP contribution in [0.25, 0.3) is 0 Å². The van der Waals surface area contributed by atoms with Gasteiger partial charge in [0.05, 0.1) is 26.4 Å². The number of carbonyl (C=O) groups excluding carboxylic acids is 4. The summed E-state index contributed by atoms with van der Waals surface area (Å²) in [6, 6.07) is 0. The molecule has 0 saturated carbocycles. The number of carbonyl (C=O) groups is 4. The molecule has 12 heteroatoms. The Hall–Kier alpha value is -2.39. The summed E-state index contributed by atoms with van der Waals surface area (Å²) >= 11 is 0. The molecule has 152 valence electrons. The van der Waals surface area contributed by atoms with Gasteiger partial charge in [0.25, 0.3) is 0 Å². The Morgan fingerprint density at radius 1 is 0.556 bits per heavy atom. The van der Waals surface area contributed by atoms with Crippen molar-refractivity contribution in [2.75, 3.05) is 39.5 Å². The molecule has 0 saturated heterocycles. The predicted molar refractivity (Wildman–Crippen MR) is 102 cm³/mol. The first-order valence-corrected chi connectivity index (χ1v) is 8.99. The highest BCUT2D eigenvalue weighted by Crippen LogP contribution is 1.97. The van der Waals surface area contributed by atoms with Crippen molar-refractivity contribution < 1.29 is 38.1 Å². The van der Waals surface area contributed by atoms with Gasteiger partial charge in [-0.1, -0.05) is 0 Å². The normalized spacial score (nSPS) is 9.78. The summed E-state index contributed by atoms with van der Waals surface area (Å²) in [6.45, 7) is 1.81. The van der Waals surface area contributed by atoms with Crippen molar-refractivity contribution in [1.29, 1.82) is 0 Å². The maximum absolute atomic E-state index is 11.4. The Morgan fingerprint density at radius 2 is 0.926 bits per heavy atom. The molecular formula is C15H28B2N2O8. The van der Waals surface area contributed by atoms with E-state index in [-0.39, 0.29) is 38.2 Å². The van der Waals surface area contributed by atoms with Gasteiger partial charge < -0.3 is 29.6 Å².